The molecule has 0 bridgehead atoms. The van der Waals surface area contributed by atoms with Crippen molar-refractivity contribution in [3.05, 3.63) is 59.1 Å². The number of carbonyl (C=O) groups is 1. The quantitative estimate of drug-likeness (QED) is 0.610. The van der Waals surface area contributed by atoms with Crippen LogP contribution in [0.25, 0.3) is 11.1 Å². The molecule has 3 aromatic rings. The summed E-state index contributed by atoms with van der Waals surface area (Å²) in [6.07, 6.45) is 2.81. The molecule has 4 rings (SSSR count). The molecule has 1 aromatic heterocycles. The number of aryl methyl sites for hydroxylation is 1. The molecule has 1 fully saturated rings. The number of rotatable bonds is 6. The molecular formula is C23H27N3O5S. The number of aromatic nitrogens is 1. The van der Waals surface area contributed by atoms with E-state index in [1.807, 2.05) is 13.8 Å². The number of benzene rings is 2. The summed E-state index contributed by atoms with van der Waals surface area (Å²) in [5.41, 5.74) is 1.62. The summed E-state index contributed by atoms with van der Waals surface area (Å²) in [5, 5.41) is 2.75. The summed E-state index contributed by atoms with van der Waals surface area (Å²) in [5.74, 6) is -0.786. The normalized spacial score (nSPS) is 19.8. The smallest absolute Gasteiger partial charge is 0.408 e. The van der Waals surface area contributed by atoms with Gasteiger partial charge in [-0.25, -0.2) is 13.2 Å². The number of piperidine rings is 1. The topological polar surface area (TPSA) is 102 Å². The molecule has 9 heteroatoms. The highest BCUT2D eigenvalue weighted by Crippen LogP contribution is 2.30. The summed E-state index contributed by atoms with van der Waals surface area (Å²) < 4.78 is 34.4. The lowest BCUT2D eigenvalue weighted by molar-refractivity contribution is -0.116. The number of anilines is 1. The van der Waals surface area contributed by atoms with Crippen molar-refractivity contribution >= 4 is 32.7 Å². The van der Waals surface area contributed by atoms with Crippen molar-refractivity contribution in [2.45, 2.75) is 63.1 Å². The molecule has 0 saturated carbocycles. The van der Waals surface area contributed by atoms with Gasteiger partial charge in [0.1, 0.15) is 0 Å². The number of carbonyl (C=O) groups excluding carboxylic acids is 1. The molecule has 0 radical (unpaired) electrons. The molecule has 32 heavy (non-hydrogen) atoms. The van der Waals surface area contributed by atoms with Crippen molar-refractivity contribution in [3.8, 4) is 0 Å². The average Bonchev–Trinajstić information content (AvgIpc) is 3.07. The molecule has 170 valence electrons. The van der Waals surface area contributed by atoms with E-state index in [-0.39, 0.29) is 35.9 Å². The Bertz CT molecular complexity index is 1270. The van der Waals surface area contributed by atoms with Crippen LogP contribution in [-0.2, 0) is 21.4 Å². The van der Waals surface area contributed by atoms with Crippen LogP contribution in [-0.4, -0.2) is 35.3 Å². The number of oxazole rings is 1. The summed E-state index contributed by atoms with van der Waals surface area (Å²) >= 11 is 0. The summed E-state index contributed by atoms with van der Waals surface area (Å²) in [6, 6.07) is 13.2. The van der Waals surface area contributed by atoms with E-state index >= 15 is 0 Å². The van der Waals surface area contributed by atoms with Gasteiger partial charge in [-0.2, -0.15) is 4.31 Å². The van der Waals surface area contributed by atoms with E-state index in [2.05, 4.69) is 5.32 Å². The summed E-state index contributed by atoms with van der Waals surface area (Å²) in [4.78, 5) is 24.6. The van der Waals surface area contributed by atoms with Gasteiger partial charge in [0.15, 0.2) is 5.58 Å². The Labute approximate surface area is 186 Å². The molecule has 1 aliphatic rings. The lowest BCUT2D eigenvalue weighted by atomic mass is 10.0. The highest BCUT2D eigenvalue weighted by atomic mass is 32.2. The van der Waals surface area contributed by atoms with Gasteiger partial charge in [0.25, 0.3) is 0 Å². The second-order valence-corrected chi connectivity index (χ2v) is 10.1. The fourth-order valence-corrected chi connectivity index (χ4v) is 6.25. The zero-order chi connectivity index (χ0) is 22.9. The van der Waals surface area contributed by atoms with E-state index in [1.54, 1.807) is 40.7 Å². The van der Waals surface area contributed by atoms with Crippen molar-refractivity contribution in [2.75, 3.05) is 5.32 Å². The minimum absolute atomic E-state index is 0.0365. The first-order valence-corrected chi connectivity index (χ1v) is 12.2. The predicted molar refractivity (Wildman–Crippen MR) is 122 cm³/mol. The number of hydrogen-bond donors (Lipinski definition) is 1. The fourth-order valence-electron chi connectivity index (χ4n) is 4.37. The highest BCUT2D eigenvalue weighted by molar-refractivity contribution is 7.89. The van der Waals surface area contributed by atoms with E-state index < -0.39 is 15.8 Å². The molecule has 0 spiro atoms. The van der Waals surface area contributed by atoms with Gasteiger partial charge in [-0.3, -0.25) is 9.36 Å². The van der Waals surface area contributed by atoms with E-state index in [4.69, 9.17) is 4.42 Å². The van der Waals surface area contributed by atoms with Gasteiger partial charge in [-0.15, -0.1) is 0 Å². The van der Waals surface area contributed by atoms with Crippen molar-refractivity contribution in [1.29, 1.82) is 0 Å². The Kier molecular flexibility index (Phi) is 6.21. The minimum atomic E-state index is -3.60. The number of para-hydroxylation sites is 2. The molecule has 2 aromatic carbocycles. The zero-order valence-corrected chi connectivity index (χ0v) is 19.0. The largest absolute Gasteiger partial charge is 0.419 e. The third-order valence-corrected chi connectivity index (χ3v) is 8.11. The predicted octanol–water partition coefficient (Wildman–Crippen LogP) is 3.57. The van der Waals surface area contributed by atoms with Gasteiger partial charge in [-0.1, -0.05) is 18.6 Å². The maximum atomic E-state index is 13.1. The number of amides is 1. The first kappa shape index (κ1) is 22.3. The molecule has 8 nitrogen and oxygen atoms in total. The maximum Gasteiger partial charge on any atom is 0.419 e. The van der Waals surface area contributed by atoms with Crippen molar-refractivity contribution < 1.29 is 17.6 Å². The second-order valence-electron chi connectivity index (χ2n) is 8.27. The zero-order valence-electron chi connectivity index (χ0n) is 18.2. The summed E-state index contributed by atoms with van der Waals surface area (Å²) in [6.45, 7) is 4.06. The SMILES string of the molecule is CC1CCCC(C)N1S(=O)(=O)c1ccc(NC(=O)CCn2c(=O)oc3ccccc32)cc1. The van der Waals surface area contributed by atoms with E-state index in [0.717, 1.165) is 19.3 Å². The van der Waals surface area contributed by atoms with Crippen LogP contribution in [0.2, 0.25) is 0 Å². The third-order valence-electron chi connectivity index (χ3n) is 5.96. The van der Waals surface area contributed by atoms with Gasteiger partial charge in [0.05, 0.1) is 10.4 Å². The molecule has 0 aliphatic carbocycles. The van der Waals surface area contributed by atoms with Gasteiger partial charge >= 0.3 is 5.76 Å². The Hall–Kier alpha value is -2.91. The van der Waals surface area contributed by atoms with Crippen LogP contribution in [0.15, 0.2) is 62.6 Å². The number of sulfonamides is 1. The maximum absolute atomic E-state index is 13.1. The Morgan fingerprint density at radius 1 is 1.06 bits per heavy atom. The molecule has 2 atom stereocenters. The van der Waals surface area contributed by atoms with Crippen LogP contribution in [0.3, 0.4) is 0 Å². The van der Waals surface area contributed by atoms with Gasteiger partial charge < -0.3 is 9.73 Å². The lowest BCUT2D eigenvalue weighted by Gasteiger charge is -2.37. The second kappa shape index (κ2) is 8.91. The number of fused-ring (bicyclic) bond motifs is 1. The minimum Gasteiger partial charge on any atom is -0.408 e. The first-order chi connectivity index (χ1) is 15.3. The number of hydrogen-bond acceptors (Lipinski definition) is 5. The highest BCUT2D eigenvalue weighted by Gasteiger charge is 2.35. The number of nitrogens with zero attached hydrogens (tertiary/aromatic N) is 2. The Morgan fingerprint density at radius 3 is 2.41 bits per heavy atom. The molecule has 2 unspecified atom stereocenters. The van der Waals surface area contributed by atoms with Gasteiger partial charge in [0.2, 0.25) is 15.9 Å². The van der Waals surface area contributed by atoms with Gasteiger partial charge in [0, 0.05) is 30.7 Å². The third kappa shape index (κ3) is 4.35. The van der Waals surface area contributed by atoms with Crippen LogP contribution < -0.4 is 11.1 Å². The van der Waals surface area contributed by atoms with Crippen LogP contribution >= 0.6 is 0 Å². The monoisotopic (exact) mass is 457 g/mol. The van der Waals surface area contributed by atoms with E-state index in [0.29, 0.717) is 16.8 Å². The standard InChI is InChI=1S/C23H27N3O5S/c1-16-6-5-7-17(2)26(16)32(29,30)19-12-10-18(11-13-19)24-22(27)14-15-25-20-8-3-4-9-21(20)31-23(25)28/h3-4,8-13,16-17H,5-7,14-15H2,1-2H3,(H,24,27). The molecule has 1 amide bonds. The molecule has 1 aliphatic heterocycles. The van der Waals surface area contributed by atoms with Crippen LogP contribution in [0.5, 0.6) is 0 Å². The van der Waals surface area contributed by atoms with Crippen LogP contribution in [0.4, 0.5) is 5.69 Å². The van der Waals surface area contributed by atoms with E-state index in [1.165, 1.54) is 16.7 Å². The van der Waals surface area contributed by atoms with E-state index in [9.17, 15) is 18.0 Å². The molecule has 1 N–H and O–H groups in total. The first-order valence-electron chi connectivity index (χ1n) is 10.8. The lowest BCUT2D eigenvalue weighted by Crippen LogP contribution is -2.47. The van der Waals surface area contributed by atoms with Crippen molar-refractivity contribution in [2.24, 2.45) is 0 Å². The van der Waals surface area contributed by atoms with Crippen molar-refractivity contribution in [3.63, 3.8) is 0 Å². The Balaban J connectivity index is 1.41. The molecule has 2 heterocycles. The van der Waals surface area contributed by atoms with Crippen LogP contribution in [0.1, 0.15) is 39.5 Å². The molecular weight excluding hydrogens is 430 g/mol. The van der Waals surface area contributed by atoms with Crippen molar-refractivity contribution in [1.82, 2.24) is 8.87 Å². The average molecular weight is 458 g/mol. The van der Waals surface area contributed by atoms with Crippen LogP contribution in [0, 0.1) is 0 Å². The molecule has 1 saturated heterocycles. The van der Waals surface area contributed by atoms with Gasteiger partial charge in [-0.05, 0) is 63.1 Å². The fraction of sp³-hybridized carbons (Fsp3) is 0.391. The number of nitrogens with one attached hydrogen (secondary N) is 1. The Morgan fingerprint density at radius 2 is 1.72 bits per heavy atom. The summed E-state index contributed by atoms with van der Waals surface area (Å²) in [7, 11) is -3.60.